The van der Waals surface area contributed by atoms with Gasteiger partial charge in [0.15, 0.2) is 0 Å². The van der Waals surface area contributed by atoms with Crippen LogP contribution in [0.4, 0.5) is 0 Å². The summed E-state index contributed by atoms with van der Waals surface area (Å²) < 4.78 is 0. The van der Waals surface area contributed by atoms with Crippen molar-refractivity contribution < 1.29 is 14.7 Å². The van der Waals surface area contributed by atoms with Crippen molar-refractivity contribution in [2.75, 3.05) is 13.6 Å². The third-order valence-electron chi connectivity index (χ3n) is 2.54. The SMILES string of the molecule is CCC(C)(NC(=O)C(C)CNC)C(=O)O. The van der Waals surface area contributed by atoms with Gasteiger partial charge in [-0.3, -0.25) is 4.79 Å². The highest BCUT2D eigenvalue weighted by molar-refractivity contribution is 5.87. The molecule has 88 valence electrons. The van der Waals surface area contributed by atoms with E-state index in [1.807, 2.05) is 0 Å². The van der Waals surface area contributed by atoms with Gasteiger partial charge in [0.25, 0.3) is 0 Å². The normalized spacial score (nSPS) is 16.5. The summed E-state index contributed by atoms with van der Waals surface area (Å²) in [7, 11) is 1.75. The van der Waals surface area contributed by atoms with E-state index in [0.29, 0.717) is 13.0 Å². The van der Waals surface area contributed by atoms with Gasteiger partial charge in [0.2, 0.25) is 5.91 Å². The lowest BCUT2D eigenvalue weighted by atomic mass is 9.98. The molecule has 0 saturated heterocycles. The largest absolute Gasteiger partial charge is 0.480 e. The van der Waals surface area contributed by atoms with E-state index in [-0.39, 0.29) is 11.8 Å². The fourth-order valence-electron chi connectivity index (χ4n) is 1.09. The van der Waals surface area contributed by atoms with Gasteiger partial charge in [-0.05, 0) is 20.4 Å². The molecular weight excluding hydrogens is 196 g/mol. The van der Waals surface area contributed by atoms with Crippen LogP contribution in [0.25, 0.3) is 0 Å². The van der Waals surface area contributed by atoms with Gasteiger partial charge >= 0.3 is 5.97 Å². The molecule has 3 N–H and O–H groups in total. The van der Waals surface area contributed by atoms with Crippen molar-refractivity contribution in [2.45, 2.75) is 32.7 Å². The summed E-state index contributed by atoms with van der Waals surface area (Å²) in [5, 5.41) is 14.4. The Hall–Kier alpha value is -1.10. The molecule has 0 bridgehead atoms. The van der Waals surface area contributed by atoms with Crippen molar-refractivity contribution in [2.24, 2.45) is 5.92 Å². The van der Waals surface area contributed by atoms with Gasteiger partial charge < -0.3 is 15.7 Å². The molecule has 0 aromatic rings. The minimum absolute atomic E-state index is 0.236. The van der Waals surface area contributed by atoms with Gasteiger partial charge in [-0.25, -0.2) is 4.79 Å². The Morgan fingerprint density at radius 3 is 2.33 bits per heavy atom. The minimum atomic E-state index is -1.17. The first-order valence-electron chi connectivity index (χ1n) is 5.07. The molecule has 2 unspecified atom stereocenters. The molecule has 0 radical (unpaired) electrons. The van der Waals surface area contributed by atoms with E-state index < -0.39 is 11.5 Å². The van der Waals surface area contributed by atoms with Crippen LogP contribution in [0.15, 0.2) is 0 Å². The Bertz CT molecular complexity index is 243. The molecule has 0 aliphatic carbocycles. The lowest BCUT2D eigenvalue weighted by molar-refractivity contribution is -0.147. The third kappa shape index (κ3) is 3.87. The summed E-state index contributed by atoms with van der Waals surface area (Å²) in [5.41, 5.74) is -1.17. The molecular formula is C10H20N2O3. The topological polar surface area (TPSA) is 78.4 Å². The lowest BCUT2D eigenvalue weighted by Crippen LogP contribution is -2.53. The zero-order valence-corrected chi connectivity index (χ0v) is 9.76. The Kier molecular flexibility index (Phi) is 5.28. The Balaban J connectivity index is 4.43. The Labute approximate surface area is 90.2 Å². The molecule has 0 saturated carbocycles. The number of carboxylic acid groups (broad SMARTS) is 1. The predicted octanol–water partition coefficient (Wildman–Crippen LogP) is 0.211. The molecule has 0 aromatic carbocycles. The van der Waals surface area contributed by atoms with Crippen molar-refractivity contribution in [1.82, 2.24) is 10.6 Å². The average molecular weight is 216 g/mol. The average Bonchev–Trinajstić information content (AvgIpc) is 2.17. The van der Waals surface area contributed by atoms with Crippen LogP contribution >= 0.6 is 0 Å². The Morgan fingerprint density at radius 2 is 2.00 bits per heavy atom. The number of aliphatic carboxylic acids is 1. The van der Waals surface area contributed by atoms with Crippen LogP contribution in [-0.4, -0.2) is 36.1 Å². The van der Waals surface area contributed by atoms with Crippen molar-refractivity contribution in [3.63, 3.8) is 0 Å². The maximum Gasteiger partial charge on any atom is 0.329 e. The number of carbonyl (C=O) groups excluding carboxylic acids is 1. The zero-order chi connectivity index (χ0) is 12.1. The van der Waals surface area contributed by atoms with Crippen LogP contribution in [0.3, 0.4) is 0 Å². The van der Waals surface area contributed by atoms with E-state index >= 15 is 0 Å². The maximum absolute atomic E-state index is 11.6. The number of hydrogen-bond donors (Lipinski definition) is 3. The van der Waals surface area contributed by atoms with Crippen LogP contribution < -0.4 is 10.6 Å². The fourth-order valence-corrected chi connectivity index (χ4v) is 1.09. The van der Waals surface area contributed by atoms with Gasteiger partial charge in [0.1, 0.15) is 5.54 Å². The van der Waals surface area contributed by atoms with Gasteiger partial charge in [-0.2, -0.15) is 0 Å². The van der Waals surface area contributed by atoms with Crippen molar-refractivity contribution in [3.05, 3.63) is 0 Å². The second kappa shape index (κ2) is 5.70. The first-order chi connectivity index (χ1) is 6.87. The number of rotatable bonds is 6. The van der Waals surface area contributed by atoms with E-state index in [9.17, 15) is 9.59 Å². The minimum Gasteiger partial charge on any atom is -0.480 e. The Morgan fingerprint density at radius 1 is 1.47 bits per heavy atom. The molecule has 0 aliphatic heterocycles. The van der Waals surface area contributed by atoms with Gasteiger partial charge in [0.05, 0.1) is 0 Å². The highest BCUT2D eigenvalue weighted by Gasteiger charge is 2.33. The number of carboxylic acids is 1. The first kappa shape index (κ1) is 13.9. The number of nitrogens with one attached hydrogen (secondary N) is 2. The lowest BCUT2D eigenvalue weighted by Gasteiger charge is -2.26. The van der Waals surface area contributed by atoms with Crippen LogP contribution in [0.1, 0.15) is 27.2 Å². The van der Waals surface area contributed by atoms with E-state index in [0.717, 1.165) is 0 Å². The van der Waals surface area contributed by atoms with Crippen molar-refractivity contribution in [3.8, 4) is 0 Å². The van der Waals surface area contributed by atoms with Crippen molar-refractivity contribution >= 4 is 11.9 Å². The van der Waals surface area contributed by atoms with E-state index in [4.69, 9.17) is 5.11 Å². The number of hydrogen-bond acceptors (Lipinski definition) is 3. The quantitative estimate of drug-likeness (QED) is 0.593. The molecule has 0 fully saturated rings. The second-order valence-corrected chi connectivity index (χ2v) is 3.94. The van der Waals surface area contributed by atoms with Crippen LogP contribution in [0.5, 0.6) is 0 Å². The van der Waals surface area contributed by atoms with E-state index in [2.05, 4.69) is 10.6 Å². The smallest absolute Gasteiger partial charge is 0.329 e. The van der Waals surface area contributed by atoms with Crippen molar-refractivity contribution in [1.29, 1.82) is 0 Å². The number of amides is 1. The predicted molar refractivity (Wildman–Crippen MR) is 57.6 cm³/mol. The second-order valence-electron chi connectivity index (χ2n) is 3.94. The van der Waals surface area contributed by atoms with Crippen LogP contribution in [-0.2, 0) is 9.59 Å². The molecule has 15 heavy (non-hydrogen) atoms. The molecule has 0 heterocycles. The summed E-state index contributed by atoms with van der Waals surface area (Å²) in [4.78, 5) is 22.5. The summed E-state index contributed by atoms with van der Waals surface area (Å²) in [6.45, 7) is 5.53. The summed E-state index contributed by atoms with van der Waals surface area (Å²) in [6.07, 6.45) is 0.361. The highest BCUT2D eigenvalue weighted by atomic mass is 16.4. The van der Waals surface area contributed by atoms with Gasteiger partial charge in [-0.1, -0.05) is 13.8 Å². The monoisotopic (exact) mass is 216 g/mol. The first-order valence-corrected chi connectivity index (χ1v) is 5.07. The van der Waals surface area contributed by atoms with E-state index in [1.165, 1.54) is 6.92 Å². The molecule has 0 aliphatic rings. The molecule has 0 aromatic heterocycles. The third-order valence-corrected chi connectivity index (χ3v) is 2.54. The molecule has 5 nitrogen and oxygen atoms in total. The van der Waals surface area contributed by atoms with Crippen LogP contribution in [0.2, 0.25) is 0 Å². The summed E-state index contributed by atoms with van der Waals surface area (Å²) in [6, 6.07) is 0. The molecule has 1 amide bonds. The molecule has 0 rings (SSSR count). The molecule has 2 atom stereocenters. The summed E-state index contributed by atoms with van der Waals surface area (Å²) >= 11 is 0. The van der Waals surface area contributed by atoms with Gasteiger partial charge in [-0.15, -0.1) is 0 Å². The zero-order valence-electron chi connectivity index (χ0n) is 9.76. The number of carbonyl (C=O) groups is 2. The molecule has 5 heteroatoms. The van der Waals surface area contributed by atoms with Gasteiger partial charge in [0, 0.05) is 12.5 Å². The van der Waals surface area contributed by atoms with Crippen LogP contribution in [0, 0.1) is 5.92 Å². The summed E-state index contributed by atoms with van der Waals surface area (Å²) in [5.74, 6) is -1.48. The van der Waals surface area contributed by atoms with E-state index in [1.54, 1.807) is 20.9 Å². The standard InChI is InChI=1S/C10H20N2O3/c1-5-10(3,9(14)15)12-8(13)7(2)6-11-4/h7,11H,5-6H2,1-4H3,(H,12,13)(H,14,15). The maximum atomic E-state index is 11.6. The highest BCUT2D eigenvalue weighted by Crippen LogP contribution is 2.10. The molecule has 0 spiro atoms. The fraction of sp³-hybridized carbons (Fsp3) is 0.800.